The Balaban J connectivity index is 2.16. The minimum atomic E-state index is -1.03. The number of hydrogen-bond acceptors (Lipinski definition) is 5. The van der Waals surface area contributed by atoms with E-state index >= 15 is 0 Å². The average molecular weight is 365 g/mol. The Bertz CT molecular complexity index is 633. The summed E-state index contributed by atoms with van der Waals surface area (Å²) in [6, 6.07) is -2.48. The summed E-state index contributed by atoms with van der Waals surface area (Å²) < 4.78 is 0. The van der Waals surface area contributed by atoms with Crippen molar-refractivity contribution in [1.82, 2.24) is 20.2 Å². The number of imidazole rings is 1. The van der Waals surface area contributed by atoms with Gasteiger partial charge >= 0.3 is 5.97 Å². The van der Waals surface area contributed by atoms with Gasteiger partial charge in [-0.25, -0.2) is 9.78 Å². The van der Waals surface area contributed by atoms with Crippen LogP contribution in [0.2, 0.25) is 0 Å². The fraction of sp³-hybridized carbons (Fsp3) is 0.647. The number of H-pyrrole nitrogens is 1. The second-order valence-corrected chi connectivity index (χ2v) is 6.78. The average Bonchev–Trinajstić information content (AvgIpc) is 3.30. The van der Waals surface area contributed by atoms with Crippen molar-refractivity contribution in [3.63, 3.8) is 0 Å². The van der Waals surface area contributed by atoms with Gasteiger partial charge in [-0.3, -0.25) is 9.59 Å². The lowest BCUT2D eigenvalue weighted by Crippen LogP contribution is -2.56. The molecule has 1 saturated heterocycles. The number of nitrogens with zero attached hydrogens (tertiary/aromatic N) is 2. The smallest absolute Gasteiger partial charge is 0.326 e. The summed E-state index contributed by atoms with van der Waals surface area (Å²) in [5, 5.41) is 12.0. The molecule has 1 aromatic rings. The summed E-state index contributed by atoms with van der Waals surface area (Å²) in [6.45, 7) is 4.17. The molecule has 0 spiro atoms. The zero-order valence-electron chi connectivity index (χ0n) is 15.1. The molecule has 1 aliphatic heterocycles. The Labute approximate surface area is 152 Å². The van der Waals surface area contributed by atoms with Gasteiger partial charge in [0.25, 0.3) is 0 Å². The molecule has 4 atom stereocenters. The van der Waals surface area contributed by atoms with Crippen molar-refractivity contribution in [3.8, 4) is 0 Å². The van der Waals surface area contributed by atoms with Crippen LogP contribution in [0.5, 0.6) is 0 Å². The van der Waals surface area contributed by atoms with Crippen LogP contribution in [0.15, 0.2) is 12.5 Å². The van der Waals surface area contributed by atoms with E-state index in [0.29, 0.717) is 25.1 Å². The minimum Gasteiger partial charge on any atom is -0.480 e. The van der Waals surface area contributed by atoms with Gasteiger partial charge in [0, 0.05) is 24.9 Å². The number of nitrogens with two attached hydrogens (primary N) is 1. The number of aromatic amines is 1. The fourth-order valence-electron chi connectivity index (χ4n) is 3.08. The van der Waals surface area contributed by atoms with Gasteiger partial charge in [0.1, 0.15) is 12.1 Å². The van der Waals surface area contributed by atoms with Crippen LogP contribution < -0.4 is 11.1 Å². The first-order valence-corrected chi connectivity index (χ1v) is 8.91. The maximum atomic E-state index is 13.0. The summed E-state index contributed by atoms with van der Waals surface area (Å²) in [4.78, 5) is 45.0. The molecular weight excluding hydrogens is 338 g/mol. The predicted molar refractivity (Wildman–Crippen MR) is 94.0 cm³/mol. The number of carboxylic acid groups (broad SMARTS) is 1. The lowest BCUT2D eigenvalue weighted by molar-refractivity contribution is -0.149. The van der Waals surface area contributed by atoms with Crippen LogP contribution in [0.25, 0.3) is 0 Å². The molecule has 144 valence electrons. The minimum absolute atomic E-state index is 0.0311. The molecule has 0 bridgehead atoms. The molecule has 0 aromatic carbocycles. The first kappa shape index (κ1) is 19.9. The number of carbonyl (C=O) groups excluding carboxylic acids is 2. The monoisotopic (exact) mass is 365 g/mol. The van der Waals surface area contributed by atoms with Crippen molar-refractivity contribution in [2.24, 2.45) is 11.7 Å². The summed E-state index contributed by atoms with van der Waals surface area (Å²) in [7, 11) is 0. The molecule has 0 aliphatic carbocycles. The number of aromatic nitrogens is 2. The van der Waals surface area contributed by atoms with E-state index < -0.39 is 35.9 Å². The van der Waals surface area contributed by atoms with Gasteiger partial charge in [0.15, 0.2) is 0 Å². The van der Waals surface area contributed by atoms with Crippen LogP contribution in [0.1, 0.15) is 38.8 Å². The molecule has 26 heavy (non-hydrogen) atoms. The third-order valence-corrected chi connectivity index (χ3v) is 4.97. The van der Waals surface area contributed by atoms with Gasteiger partial charge in [-0.15, -0.1) is 0 Å². The second kappa shape index (κ2) is 8.79. The van der Waals surface area contributed by atoms with Gasteiger partial charge in [-0.05, 0) is 18.8 Å². The standard InChI is InChI=1S/C17H27N5O4/c1-3-10(2)14(18)15(23)21-12(7-11-8-19-9-20-11)16(24)22-6-4-5-13(22)17(25)26/h8-10,12-14H,3-7,18H2,1-2H3,(H,19,20)(H,21,23)(H,25,26). The Kier molecular flexibility index (Phi) is 6.73. The Morgan fingerprint density at radius 3 is 2.81 bits per heavy atom. The highest BCUT2D eigenvalue weighted by Crippen LogP contribution is 2.19. The van der Waals surface area contributed by atoms with Crippen molar-refractivity contribution in [1.29, 1.82) is 0 Å². The second-order valence-electron chi connectivity index (χ2n) is 6.78. The SMILES string of the molecule is CCC(C)C(N)C(=O)NC(Cc1cnc[nH]1)C(=O)N1CCCC1C(=O)O. The molecule has 2 heterocycles. The quantitative estimate of drug-likeness (QED) is 0.506. The van der Waals surface area contributed by atoms with E-state index in [9.17, 15) is 19.5 Å². The molecule has 1 aromatic heterocycles. The molecule has 9 nitrogen and oxygen atoms in total. The topological polar surface area (TPSA) is 141 Å². The van der Waals surface area contributed by atoms with E-state index in [1.807, 2.05) is 13.8 Å². The van der Waals surface area contributed by atoms with Gasteiger partial charge < -0.3 is 26.0 Å². The van der Waals surface area contributed by atoms with Gasteiger partial charge in [0.05, 0.1) is 12.4 Å². The highest BCUT2D eigenvalue weighted by Gasteiger charge is 2.38. The first-order chi connectivity index (χ1) is 12.3. The third kappa shape index (κ3) is 4.60. The number of nitrogens with one attached hydrogen (secondary N) is 2. The number of likely N-dealkylation sites (tertiary alicyclic amines) is 1. The van der Waals surface area contributed by atoms with Gasteiger partial charge in [-0.2, -0.15) is 0 Å². The molecule has 1 fully saturated rings. The Morgan fingerprint density at radius 1 is 1.50 bits per heavy atom. The van der Waals surface area contributed by atoms with E-state index in [1.165, 1.54) is 11.2 Å². The van der Waals surface area contributed by atoms with Crippen LogP contribution in [0.3, 0.4) is 0 Å². The van der Waals surface area contributed by atoms with Crippen molar-refractivity contribution in [2.75, 3.05) is 6.54 Å². The predicted octanol–water partition coefficient (Wildman–Crippen LogP) is -0.114. The third-order valence-electron chi connectivity index (χ3n) is 4.97. The lowest BCUT2D eigenvalue weighted by Gasteiger charge is -2.28. The number of carbonyl (C=O) groups is 3. The van der Waals surface area contributed by atoms with Crippen LogP contribution in [-0.2, 0) is 20.8 Å². The maximum absolute atomic E-state index is 13.0. The molecule has 2 amide bonds. The number of aliphatic carboxylic acids is 1. The normalized spacial score (nSPS) is 20.4. The molecule has 1 aliphatic rings. The maximum Gasteiger partial charge on any atom is 0.326 e. The number of carboxylic acids is 1. The molecule has 9 heteroatoms. The molecule has 5 N–H and O–H groups in total. The first-order valence-electron chi connectivity index (χ1n) is 8.91. The number of hydrogen-bond donors (Lipinski definition) is 4. The molecule has 4 unspecified atom stereocenters. The zero-order chi connectivity index (χ0) is 19.3. The van der Waals surface area contributed by atoms with Crippen molar-refractivity contribution in [2.45, 2.75) is 57.7 Å². The largest absolute Gasteiger partial charge is 0.480 e. The van der Waals surface area contributed by atoms with E-state index in [0.717, 1.165) is 6.42 Å². The van der Waals surface area contributed by atoms with E-state index in [1.54, 1.807) is 6.20 Å². The summed E-state index contributed by atoms with van der Waals surface area (Å²) in [5.74, 6) is -1.88. The van der Waals surface area contributed by atoms with Crippen molar-refractivity contribution >= 4 is 17.8 Å². The fourth-order valence-corrected chi connectivity index (χ4v) is 3.08. The molecule has 0 radical (unpaired) electrons. The van der Waals surface area contributed by atoms with Gasteiger partial charge in [0.2, 0.25) is 11.8 Å². The highest BCUT2D eigenvalue weighted by atomic mass is 16.4. The summed E-state index contributed by atoms with van der Waals surface area (Å²) in [6.07, 6.45) is 5.03. The molecule has 2 rings (SSSR count). The van der Waals surface area contributed by atoms with Crippen LogP contribution in [0.4, 0.5) is 0 Å². The van der Waals surface area contributed by atoms with Crippen molar-refractivity contribution < 1.29 is 19.5 Å². The highest BCUT2D eigenvalue weighted by molar-refractivity contribution is 5.92. The molecular formula is C17H27N5O4. The number of amides is 2. The number of rotatable bonds is 8. The summed E-state index contributed by atoms with van der Waals surface area (Å²) in [5.41, 5.74) is 6.64. The van der Waals surface area contributed by atoms with E-state index in [-0.39, 0.29) is 12.3 Å². The Morgan fingerprint density at radius 2 is 2.23 bits per heavy atom. The van der Waals surface area contributed by atoms with Crippen molar-refractivity contribution in [3.05, 3.63) is 18.2 Å². The lowest BCUT2D eigenvalue weighted by atomic mass is 9.98. The van der Waals surface area contributed by atoms with E-state index in [4.69, 9.17) is 5.73 Å². The zero-order valence-corrected chi connectivity index (χ0v) is 15.1. The van der Waals surface area contributed by atoms with Gasteiger partial charge in [-0.1, -0.05) is 20.3 Å². The molecule has 0 saturated carbocycles. The van der Waals surface area contributed by atoms with Crippen LogP contribution in [-0.4, -0.2) is 62.4 Å². The van der Waals surface area contributed by atoms with Crippen LogP contribution in [0, 0.1) is 5.92 Å². The van der Waals surface area contributed by atoms with Crippen LogP contribution >= 0.6 is 0 Å². The van der Waals surface area contributed by atoms with E-state index in [2.05, 4.69) is 15.3 Å². The summed E-state index contributed by atoms with van der Waals surface area (Å²) >= 11 is 0. The Hall–Kier alpha value is -2.42.